The second-order valence-electron chi connectivity index (χ2n) is 6.99. The lowest BCUT2D eigenvalue weighted by molar-refractivity contribution is -0.150. The van der Waals surface area contributed by atoms with Crippen LogP contribution in [0, 0.1) is 13.8 Å². The molecule has 134 valence electrons. The molecular formula is C18H23N3O3S. The Hall–Kier alpha value is -1.73. The number of nitrogens with zero attached hydrogens (tertiary/aromatic N) is 3. The third kappa shape index (κ3) is 2.89. The minimum absolute atomic E-state index is 0.00643. The molecule has 0 radical (unpaired) electrons. The van der Waals surface area contributed by atoms with Crippen LogP contribution in [0.1, 0.15) is 36.1 Å². The second kappa shape index (κ2) is 6.53. The number of hydrogen-bond donors (Lipinski definition) is 0. The Kier molecular flexibility index (Phi) is 4.37. The van der Waals surface area contributed by atoms with Crippen molar-refractivity contribution in [1.29, 1.82) is 0 Å². The predicted octanol–water partition coefficient (Wildman–Crippen LogP) is 2.24. The molecule has 6 nitrogen and oxygen atoms in total. The molecule has 2 unspecified atom stereocenters. The molecule has 2 atom stereocenters. The van der Waals surface area contributed by atoms with Crippen LogP contribution in [-0.2, 0) is 16.1 Å². The number of fused-ring (bicyclic) bond motifs is 2. The van der Waals surface area contributed by atoms with Crippen LogP contribution in [0.2, 0.25) is 0 Å². The molecule has 0 spiro atoms. The lowest BCUT2D eigenvalue weighted by atomic mass is 9.90. The Bertz CT molecular complexity index is 870. The predicted molar refractivity (Wildman–Crippen MR) is 97.1 cm³/mol. The van der Waals surface area contributed by atoms with Crippen molar-refractivity contribution in [1.82, 2.24) is 14.5 Å². The zero-order chi connectivity index (χ0) is 17.6. The van der Waals surface area contributed by atoms with Gasteiger partial charge in [-0.05, 0) is 32.3 Å². The molecule has 1 aliphatic carbocycles. The van der Waals surface area contributed by atoms with Gasteiger partial charge in [-0.2, -0.15) is 0 Å². The van der Waals surface area contributed by atoms with Crippen molar-refractivity contribution < 1.29 is 9.53 Å². The van der Waals surface area contributed by atoms with E-state index in [1.165, 1.54) is 28.7 Å². The summed E-state index contributed by atoms with van der Waals surface area (Å²) in [6.45, 7) is 5.19. The molecule has 2 aromatic rings. The molecule has 1 saturated heterocycles. The van der Waals surface area contributed by atoms with E-state index in [0.29, 0.717) is 18.5 Å². The monoisotopic (exact) mass is 361 g/mol. The van der Waals surface area contributed by atoms with Crippen LogP contribution in [0.4, 0.5) is 0 Å². The summed E-state index contributed by atoms with van der Waals surface area (Å²) in [5.41, 5.74) is 0.853. The Morgan fingerprint density at radius 1 is 1.36 bits per heavy atom. The summed E-state index contributed by atoms with van der Waals surface area (Å²) in [4.78, 5) is 33.9. The largest absolute Gasteiger partial charge is 0.374 e. The van der Waals surface area contributed by atoms with Crippen molar-refractivity contribution in [3.05, 3.63) is 27.1 Å². The number of rotatable bonds is 2. The van der Waals surface area contributed by atoms with Crippen molar-refractivity contribution >= 4 is 27.5 Å². The smallest absolute Gasteiger partial charge is 0.262 e. The van der Waals surface area contributed by atoms with Crippen LogP contribution in [0.15, 0.2) is 11.1 Å². The van der Waals surface area contributed by atoms with Crippen LogP contribution in [0.3, 0.4) is 0 Å². The Morgan fingerprint density at radius 3 is 3.00 bits per heavy atom. The van der Waals surface area contributed by atoms with Gasteiger partial charge in [-0.25, -0.2) is 4.98 Å². The average Bonchev–Trinajstić information content (AvgIpc) is 2.92. The summed E-state index contributed by atoms with van der Waals surface area (Å²) in [5, 5.41) is 0.648. The number of morpholine rings is 1. The highest BCUT2D eigenvalue weighted by atomic mass is 32.1. The molecule has 3 heterocycles. The maximum atomic E-state index is 12.9. The van der Waals surface area contributed by atoms with E-state index in [9.17, 15) is 9.59 Å². The molecule has 1 amide bonds. The highest BCUT2D eigenvalue weighted by molar-refractivity contribution is 7.18. The first-order chi connectivity index (χ1) is 12.1. The molecule has 2 aliphatic rings. The van der Waals surface area contributed by atoms with E-state index in [4.69, 9.17) is 4.74 Å². The Balaban J connectivity index is 1.60. The fraction of sp³-hybridized carbons (Fsp3) is 0.611. The van der Waals surface area contributed by atoms with Crippen molar-refractivity contribution in [2.75, 3.05) is 13.2 Å². The highest BCUT2D eigenvalue weighted by Gasteiger charge is 2.36. The number of hydrogen-bond acceptors (Lipinski definition) is 5. The quantitative estimate of drug-likeness (QED) is 0.823. The van der Waals surface area contributed by atoms with Crippen LogP contribution < -0.4 is 5.56 Å². The summed E-state index contributed by atoms with van der Waals surface area (Å²) < 4.78 is 7.29. The molecule has 0 N–H and O–H groups in total. The number of aromatic nitrogens is 2. The van der Waals surface area contributed by atoms with Gasteiger partial charge in [-0.3, -0.25) is 14.2 Å². The average molecular weight is 361 g/mol. The molecule has 2 aromatic heterocycles. The standard InChI is InChI=1S/C18H23N3O3S/c1-11-12(2)25-17-16(11)18(23)20(10-19-17)9-15(22)21-7-8-24-14-6-4-3-5-13(14)21/h10,13-14H,3-9H2,1-2H3. The normalized spacial score (nSPS) is 23.7. The third-order valence-corrected chi connectivity index (χ3v) is 6.63. The fourth-order valence-electron chi connectivity index (χ4n) is 4.03. The van der Waals surface area contributed by atoms with Crippen LogP contribution in [-0.4, -0.2) is 45.7 Å². The van der Waals surface area contributed by atoms with Crippen LogP contribution >= 0.6 is 11.3 Å². The van der Waals surface area contributed by atoms with Crippen molar-refractivity contribution in [2.45, 2.75) is 58.2 Å². The minimum Gasteiger partial charge on any atom is -0.374 e. The maximum Gasteiger partial charge on any atom is 0.262 e. The first-order valence-corrected chi connectivity index (χ1v) is 9.74. The summed E-state index contributed by atoms with van der Waals surface area (Å²) in [5.74, 6) is -0.00643. The van der Waals surface area contributed by atoms with Gasteiger partial charge in [0, 0.05) is 11.4 Å². The van der Waals surface area contributed by atoms with E-state index < -0.39 is 0 Å². The third-order valence-electron chi connectivity index (χ3n) is 5.51. The molecule has 0 bridgehead atoms. The van der Waals surface area contributed by atoms with E-state index in [1.54, 1.807) is 0 Å². The van der Waals surface area contributed by atoms with E-state index in [0.717, 1.165) is 34.5 Å². The molecule has 2 fully saturated rings. The molecule has 7 heteroatoms. The van der Waals surface area contributed by atoms with Gasteiger partial charge >= 0.3 is 0 Å². The second-order valence-corrected chi connectivity index (χ2v) is 8.19. The van der Waals surface area contributed by atoms with Crippen LogP contribution in [0.25, 0.3) is 10.2 Å². The molecule has 25 heavy (non-hydrogen) atoms. The summed E-state index contributed by atoms with van der Waals surface area (Å²) in [6.07, 6.45) is 5.98. The number of aryl methyl sites for hydroxylation is 2. The highest BCUT2D eigenvalue weighted by Crippen LogP contribution is 2.29. The Labute approximate surface area is 150 Å². The number of carbonyl (C=O) groups excluding carboxylic acids is 1. The van der Waals surface area contributed by atoms with E-state index in [1.807, 2.05) is 18.7 Å². The SMILES string of the molecule is Cc1sc2ncn(CC(=O)N3CCOC4CCCCC43)c(=O)c2c1C. The zero-order valence-electron chi connectivity index (χ0n) is 14.7. The first kappa shape index (κ1) is 16.7. The lowest BCUT2D eigenvalue weighted by Crippen LogP contribution is -2.55. The van der Waals surface area contributed by atoms with Crippen molar-refractivity contribution in [3.8, 4) is 0 Å². The molecular weight excluding hydrogens is 338 g/mol. The van der Waals surface area contributed by atoms with Gasteiger partial charge in [0.05, 0.1) is 30.5 Å². The molecule has 4 rings (SSSR count). The van der Waals surface area contributed by atoms with Gasteiger partial charge in [-0.15, -0.1) is 11.3 Å². The zero-order valence-corrected chi connectivity index (χ0v) is 15.5. The molecule has 1 saturated carbocycles. The van der Waals surface area contributed by atoms with Crippen molar-refractivity contribution in [2.24, 2.45) is 0 Å². The van der Waals surface area contributed by atoms with Crippen LogP contribution in [0.5, 0.6) is 0 Å². The van der Waals surface area contributed by atoms with Gasteiger partial charge < -0.3 is 9.64 Å². The number of ether oxygens (including phenoxy) is 1. The van der Waals surface area contributed by atoms with E-state index in [2.05, 4.69) is 4.98 Å². The van der Waals surface area contributed by atoms with Gasteiger partial charge in [0.2, 0.25) is 5.91 Å². The minimum atomic E-state index is -0.117. The number of carbonyl (C=O) groups is 1. The van der Waals surface area contributed by atoms with E-state index >= 15 is 0 Å². The van der Waals surface area contributed by atoms with Gasteiger partial charge in [0.15, 0.2) is 0 Å². The van der Waals surface area contributed by atoms with Gasteiger partial charge in [-0.1, -0.05) is 12.8 Å². The number of amides is 1. The molecule has 0 aromatic carbocycles. The van der Waals surface area contributed by atoms with Gasteiger partial charge in [0.25, 0.3) is 5.56 Å². The van der Waals surface area contributed by atoms with Crippen molar-refractivity contribution in [3.63, 3.8) is 0 Å². The summed E-state index contributed by atoms with van der Waals surface area (Å²) in [6, 6.07) is 0.160. The number of thiophene rings is 1. The van der Waals surface area contributed by atoms with Gasteiger partial charge in [0.1, 0.15) is 11.4 Å². The topological polar surface area (TPSA) is 64.4 Å². The fourth-order valence-corrected chi connectivity index (χ4v) is 5.01. The first-order valence-electron chi connectivity index (χ1n) is 8.92. The maximum absolute atomic E-state index is 12.9. The summed E-state index contributed by atoms with van der Waals surface area (Å²) in [7, 11) is 0. The Morgan fingerprint density at radius 2 is 2.16 bits per heavy atom. The summed E-state index contributed by atoms with van der Waals surface area (Å²) >= 11 is 1.53. The lowest BCUT2D eigenvalue weighted by Gasteiger charge is -2.43. The van der Waals surface area contributed by atoms with E-state index in [-0.39, 0.29) is 30.2 Å². The molecule has 1 aliphatic heterocycles.